The summed E-state index contributed by atoms with van der Waals surface area (Å²) < 4.78 is 10.8. The van der Waals surface area contributed by atoms with Crippen molar-refractivity contribution in [3.63, 3.8) is 0 Å². The van der Waals surface area contributed by atoms with Gasteiger partial charge in [-0.05, 0) is 41.9 Å². The predicted octanol–water partition coefficient (Wildman–Crippen LogP) is 5.30. The molecule has 3 rings (SSSR count). The highest BCUT2D eigenvalue weighted by molar-refractivity contribution is 9.10. The van der Waals surface area contributed by atoms with Gasteiger partial charge in [-0.15, -0.1) is 0 Å². The molecule has 3 aromatic rings. The molecule has 0 aromatic carbocycles. The van der Waals surface area contributed by atoms with Crippen LogP contribution >= 0.6 is 15.9 Å². The summed E-state index contributed by atoms with van der Waals surface area (Å²) in [6.45, 7) is 13.5. The number of halogens is 1. The first kappa shape index (κ1) is 19.3. The Labute approximate surface area is 164 Å². The van der Waals surface area contributed by atoms with E-state index in [1.807, 2.05) is 10.9 Å². The normalized spacial score (nSPS) is 12.2. The second kappa shape index (κ2) is 7.66. The van der Waals surface area contributed by atoms with E-state index in [4.69, 9.17) is 4.74 Å². The molecule has 0 aliphatic carbocycles. The van der Waals surface area contributed by atoms with Crippen LogP contribution in [0.15, 0.2) is 29.3 Å². The lowest BCUT2D eigenvalue weighted by molar-refractivity contribution is 0.0784. The zero-order valence-corrected chi connectivity index (χ0v) is 18.8. The number of aryl methyl sites for hydroxylation is 2. The van der Waals surface area contributed by atoms with Gasteiger partial charge < -0.3 is 9.30 Å². The lowest BCUT2D eigenvalue weighted by atomic mass is 10.1. The van der Waals surface area contributed by atoms with Crippen LogP contribution in [0.5, 0.6) is 0 Å². The number of aromatic nitrogens is 4. The summed E-state index contributed by atoms with van der Waals surface area (Å²) in [6.07, 6.45) is 6.21. The van der Waals surface area contributed by atoms with Gasteiger partial charge in [-0.3, -0.25) is 0 Å². The zero-order valence-electron chi connectivity index (χ0n) is 16.2. The minimum absolute atomic E-state index is 0.503. The number of hydrogen-bond acceptors (Lipinski definition) is 3. The van der Waals surface area contributed by atoms with Gasteiger partial charge in [-0.25, -0.2) is 9.67 Å². The highest BCUT2D eigenvalue weighted by Crippen LogP contribution is 2.33. The van der Waals surface area contributed by atoms with Crippen molar-refractivity contribution in [1.82, 2.24) is 19.3 Å². The molecule has 140 valence electrons. The first-order chi connectivity index (χ1) is 12.3. The van der Waals surface area contributed by atoms with Crippen molar-refractivity contribution in [1.29, 1.82) is 0 Å². The van der Waals surface area contributed by atoms with E-state index in [1.165, 1.54) is 17.0 Å². The van der Waals surface area contributed by atoms with Crippen LogP contribution in [-0.2, 0) is 18.0 Å². The van der Waals surface area contributed by atoms with Crippen molar-refractivity contribution in [2.24, 2.45) is 0 Å². The van der Waals surface area contributed by atoms with Crippen LogP contribution in [0.2, 0.25) is 25.7 Å². The van der Waals surface area contributed by atoms with Gasteiger partial charge in [0.05, 0.1) is 17.4 Å². The van der Waals surface area contributed by atoms with E-state index in [9.17, 15) is 0 Å². The molecule has 0 unspecified atom stereocenters. The molecular weight excluding hydrogens is 408 g/mol. The average molecular weight is 435 g/mol. The fourth-order valence-electron chi connectivity index (χ4n) is 3.02. The summed E-state index contributed by atoms with van der Waals surface area (Å²) in [4.78, 5) is 4.38. The van der Waals surface area contributed by atoms with E-state index in [-0.39, 0.29) is 0 Å². The van der Waals surface area contributed by atoms with Crippen molar-refractivity contribution in [2.45, 2.75) is 52.8 Å². The van der Waals surface area contributed by atoms with Gasteiger partial charge in [0.2, 0.25) is 0 Å². The molecule has 0 saturated heterocycles. The number of ether oxygens (including phenoxy) is 1. The molecule has 0 aliphatic rings. The summed E-state index contributed by atoms with van der Waals surface area (Å²) in [5.41, 5.74) is 4.50. The molecule has 5 nitrogen and oxygen atoms in total. The third-order valence-electron chi connectivity index (χ3n) is 4.53. The van der Waals surface area contributed by atoms with Gasteiger partial charge >= 0.3 is 0 Å². The fourth-order valence-corrected chi connectivity index (χ4v) is 4.11. The molecule has 0 aliphatic heterocycles. The molecular formula is C19H27BrN4OSi. The molecule has 3 aromatic heterocycles. The van der Waals surface area contributed by atoms with Gasteiger partial charge in [0.15, 0.2) is 0 Å². The molecule has 0 atom stereocenters. The quantitative estimate of drug-likeness (QED) is 0.287. The second-order valence-electron chi connectivity index (χ2n) is 7.87. The topological polar surface area (TPSA) is 44.9 Å². The summed E-state index contributed by atoms with van der Waals surface area (Å²) in [6, 6.07) is 3.25. The van der Waals surface area contributed by atoms with E-state index in [0.717, 1.165) is 34.5 Å². The Morgan fingerprint density at radius 1 is 1.19 bits per heavy atom. The van der Waals surface area contributed by atoms with Crippen LogP contribution in [0.3, 0.4) is 0 Å². The molecule has 0 fully saturated rings. The zero-order chi connectivity index (χ0) is 18.9. The summed E-state index contributed by atoms with van der Waals surface area (Å²) >= 11 is 3.49. The van der Waals surface area contributed by atoms with Crippen molar-refractivity contribution in [3.05, 3.63) is 35.0 Å². The molecule has 3 heterocycles. The lowest BCUT2D eigenvalue weighted by Gasteiger charge is -2.15. The smallest absolute Gasteiger partial charge is 0.139 e. The molecule has 0 saturated carbocycles. The third-order valence-corrected chi connectivity index (χ3v) is 6.67. The lowest BCUT2D eigenvalue weighted by Crippen LogP contribution is -2.22. The summed E-state index contributed by atoms with van der Waals surface area (Å²) in [7, 11) is -1.06. The van der Waals surface area contributed by atoms with Crippen LogP contribution in [0.4, 0.5) is 0 Å². The van der Waals surface area contributed by atoms with Gasteiger partial charge in [0.25, 0.3) is 0 Å². The maximum atomic E-state index is 5.85. The van der Waals surface area contributed by atoms with Crippen molar-refractivity contribution in [2.75, 3.05) is 6.61 Å². The van der Waals surface area contributed by atoms with Gasteiger partial charge in [0, 0.05) is 50.1 Å². The number of fused-ring (bicyclic) bond motifs is 1. The monoisotopic (exact) mass is 434 g/mol. The van der Waals surface area contributed by atoms with E-state index < -0.39 is 8.07 Å². The van der Waals surface area contributed by atoms with Crippen molar-refractivity contribution >= 4 is 34.9 Å². The van der Waals surface area contributed by atoms with E-state index >= 15 is 0 Å². The average Bonchev–Trinajstić information content (AvgIpc) is 3.10. The fraction of sp³-hybridized carbons (Fsp3) is 0.474. The van der Waals surface area contributed by atoms with Crippen LogP contribution in [-0.4, -0.2) is 34.0 Å². The summed E-state index contributed by atoms with van der Waals surface area (Å²) in [5, 5.41) is 5.84. The number of rotatable bonds is 7. The third kappa shape index (κ3) is 4.27. The molecule has 0 amide bonds. The Bertz CT molecular complexity index is 910. The molecule has 26 heavy (non-hydrogen) atoms. The van der Waals surface area contributed by atoms with Crippen molar-refractivity contribution < 1.29 is 4.74 Å². The number of hydrogen-bond donors (Lipinski definition) is 0. The second-order valence-corrected chi connectivity index (χ2v) is 14.3. The van der Waals surface area contributed by atoms with Crippen molar-refractivity contribution in [3.8, 4) is 11.1 Å². The molecule has 0 N–H and O–H groups in total. The first-order valence-corrected chi connectivity index (χ1v) is 13.5. The van der Waals surface area contributed by atoms with E-state index in [2.05, 4.69) is 82.5 Å². The van der Waals surface area contributed by atoms with Gasteiger partial charge in [-0.2, -0.15) is 5.10 Å². The van der Waals surface area contributed by atoms with Gasteiger partial charge in [0.1, 0.15) is 11.3 Å². The van der Waals surface area contributed by atoms with Gasteiger partial charge in [-0.1, -0.05) is 19.6 Å². The number of nitrogens with zero attached hydrogens (tertiary/aromatic N) is 4. The highest BCUT2D eigenvalue weighted by atomic mass is 79.9. The SMILES string of the molecule is CCn1cc(-c2cn(COCC[Si](C)(C)C)nc2C)c2cc(Br)ncc21. The Hall–Kier alpha value is -1.44. The Morgan fingerprint density at radius 2 is 1.96 bits per heavy atom. The molecule has 0 spiro atoms. The van der Waals surface area contributed by atoms with Crippen LogP contribution in [0, 0.1) is 6.92 Å². The maximum Gasteiger partial charge on any atom is 0.139 e. The maximum absolute atomic E-state index is 5.85. The number of pyridine rings is 1. The van der Waals surface area contributed by atoms with E-state index in [0.29, 0.717) is 6.73 Å². The largest absolute Gasteiger partial charge is 0.360 e. The molecule has 0 bridgehead atoms. The Balaban J connectivity index is 1.85. The minimum Gasteiger partial charge on any atom is -0.360 e. The predicted molar refractivity (Wildman–Crippen MR) is 113 cm³/mol. The van der Waals surface area contributed by atoms with Crippen LogP contribution < -0.4 is 0 Å². The minimum atomic E-state index is -1.06. The molecule has 0 radical (unpaired) electrons. The standard InChI is InChI=1S/C19H27BrN4OSi/c1-6-23-11-17(15-9-19(20)21-10-18(15)23)16-12-24(22-14(16)2)13-25-7-8-26(3,4)5/h9-12H,6-8,13H2,1-5H3. The van der Waals surface area contributed by atoms with Crippen LogP contribution in [0.25, 0.3) is 22.0 Å². The highest BCUT2D eigenvalue weighted by Gasteiger charge is 2.16. The Kier molecular flexibility index (Phi) is 5.69. The molecule has 7 heteroatoms. The first-order valence-electron chi connectivity index (χ1n) is 9.05. The van der Waals surface area contributed by atoms with Crippen LogP contribution in [0.1, 0.15) is 12.6 Å². The summed E-state index contributed by atoms with van der Waals surface area (Å²) in [5.74, 6) is 0. The van der Waals surface area contributed by atoms with E-state index in [1.54, 1.807) is 0 Å². The Morgan fingerprint density at radius 3 is 2.65 bits per heavy atom.